The molecule has 1 atom stereocenters. The normalized spacial score (nSPS) is 18.7. The molecule has 0 spiro atoms. The Morgan fingerprint density at radius 1 is 0.905 bits per heavy atom. The summed E-state index contributed by atoms with van der Waals surface area (Å²) in [5.41, 5.74) is 0. The van der Waals surface area contributed by atoms with Crippen LogP contribution in [0.4, 0.5) is 0 Å². The van der Waals surface area contributed by atoms with Crippen molar-refractivity contribution < 1.29 is 19.1 Å². The molecule has 1 saturated carbocycles. The van der Waals surface area contributed by atoms with Crippen LogP contribution in [0.2, 0.25) is 0 Å². The van der Waals surface area contributed by atoms with E-state index >= 15 is 0 Å². The van der Waals surface area contributed by atoms with Gasteiger partial charge < -0.3 is 9.47 Å². The largest absolute Gasteiger partial charge is 0.465 e. The van der Waals surface area contributed by atoms with E-state index in [2.05, 4.69) is 0 Å². The first-order chi connectivity index (χ1) is 10.1. The minimum absolute atomic E-state index is 0.0128. The van der Waals surface area contributed by atoms with Crippen molar-refractivity contribution in [2.75, 3.05) is 13.2 Å². The molecule has 4 heteroatoms. The maximum atomic E-state index is 12.2. The first kappa shape index (κ1) is 18.0. The maximum Gasteiger partial charge on any atom is 0.320 e. The van der Waals surface area contributed by atoms with Crippen LogP contribution in [0.1, 0.15) is 65.7 Å². The number of hydrogen-bond acceptors (Lipinski definition) is 4. The summed E-state index contributed by atoms with van der Waals surface area (Å²) in [6, 6.07) is 0. The molecule has 0 N–H and O–H groups in total. The molecule has 0 aromatic heterocycles. The molecule has 0 aliphatic heterocycles. The van der Waals surface area contributed by atoms with Crippen LogP contribution in [0.3, 0.4) is 0 Å². The Kier molecular flexibility index (Phi) is 8.40. The topological polar surface area (TPSA) is 52.6 Å². The molecular weight excluding hydrogens is 268 g/mol. The molecule has 1 aliphatic rings. The SMILES string of the molecule is CCOC(=O)C(C(=O)OCC)C(C)C1CCCCCCC1. The number of hydrogen-bond donors (Lipinski definition) is 0. The molecule has 0 heterocycles. The second kappa shape index (κ2) is 9.80. The monoisotopic (exact) mass is 298 g/mol. The fourth-order valence-corrected chi connectivity index (χ4v) is 3.28. The molecule has 0 radical (unpaired) electrons. The zero-order valence-electron chi connectivity index (χ0n) is 13.7. The zero-order chi connectivity index (χ0) is 15.7. The Balaban J connectivity index is 2.78. The Bertz CT molecular complexity index is 301. The van der Waals surface area contributed by atoms with Crippen molar-refractivity contribution in [1.29, 1.82) is 0 Å². The van der Waals surface area contributed by atoms with E-state index in [1.54, 1.807) is 13.8 Å². The van der Waals surface area contributed by atoms with Crippen LogP contribution in [0, 0.1) is 17.8 Å². The van der Waals surface area contributed by atoms with Gasteiger partial charge in [-0.25, -0.2) is 0 Å². The van der Waals surface area contributed by atoms with E-state index < -0.39 is 17.9 Å². The fraction of sp³-hybridized carbons (Fsp3) is 0.882. The molecule has 0 saturated heterocycles. The highest BCUT2D eigenvalue weighted by Crippen LogP contribution is 2.33. The van der Waals surface area contributed by atoms with Gasteiger partial charge in [0, 0.05) is 0 Å². The van der Waals surface area contributed by atoms with Gasteiger partial charge in [-0.3, -0.25) is 9.59 Å². The lowest BCUT2D eigenvalue weighted by Gasteiger charge is -2.29. The average molecular weight is 298 g/mol. The van der Waals surface area contributed by atoms with E-state index in [0.29, 0.717) is 19.1 Å². The van der Waals surface area contributed by atoms with Gasteiger partial charge in [0.1, 0.15) is 0 Å². The molecule has 1 unspecified atom stereocenters. The van der Waals surface area contributed by atoms with Gasteiger partial charge in [-0.05, 0) is 25.7 Å². The third-order valence-electron chi connectivity index (χ3n) is 4.50. The zero-order valence-corrected chi connectivity index (χ0v) is 13.7. The molecule has 1 rings (SSSR count). The lowest BCUT2D eigenvalue weighted by molar-refractivity contribution is -0.165. The molecule has 21 heavy (non-hydrogen) atoms. The Morgan fingerprint density at radius 2 is 1.33 bits per heavy atom. The molecule has 1 aliphatic carbocycles. The second-order valence-electron chi connectivity index (χ2n) is 5.95. The van der Waals surface area contributed by atoms with Crippen LogP contribution in [0.5, 0.6) is 0 Å². The molecular formula is C17H30O4. The van der Waals surface area contributed by atoms with Crippen LogP contribution in [-0.4, -0.2) is 25.2 Å². The summed E-state index contributed by atoms with van der Waals surface area (Å²) in [6.45, 7) is 6.13. The van der Waals surface area contributed by atoms with Gasteiger partial charge in [-0.2, -0.15) is 0 Å². The summed E-state index contributed by atoms with van der Waals surface area (Å²) in [5.74, 6) is -1.23. The molecule has 122 valence electrons. The first-order valence-electron chi connectivity index (χ1n) is 8.45. The number of esters is 2. The van der Waals surface area contributed by atoms with E-state index in [-0.39, 0.29) is 5.92 Å². The molecule has 4 nitrogen and oxygen atoms in total. The summed E-state index contributed by atoms with van der Waals surface area (Å²) in [7, 11) is 0. The third kappa shape index (κ3) is 5.68. The van der Waals surface area contributed by atoms with Crippen LogP contribution < -0.4 is 0 Å². The summed E-state index contributed by atoms with van der Waals surface area (Å²) in [5, 5.41) is 0. The van der Waals surface area contributed by atoms with Crippen molar-refractivity contribution in [3.8, 4) is 0 Å². The molecule has 0 aromatic rings. The Morgan fingerprint density at radius 3 is 1.76 bits per heavy atom. The summed E-state index contributed by atoms with van der Waals surface area (Å²) in [4.78, 5) is 24.3. The summed E-state index contributed by atoms with van der Waals surface area (Å²) < 4.78 is 10.2. The van der Waals surface area contributed by atoms with Gasteiger partial charge >= 0.3 is 11.9 Å². The number of rotatable bonds is 6. The van der Waals surface area contributed by atoms with E-state index in [1.807, 2.05) is 6.92 Å². The Labute approximate surface area is 128 Å². The van der Waals surface area contributed by atoms with Gasteiger partial charge in [0.2, 0.25) is 0 Å². The summed E-state index contributed by atoms with van der Waals surface area (Å²) in [6.07, 6.45) is 8.38. The van der Waals surface area contributed by atoms with E-state index in [9.17, 15) is 9.59 Å². The standard InChI is InChI=1S/C17H30O4/c1-4-20-16(18)15(17(19)21-5-2)13(3)14-11-9-7-6-8-10-12-14/h13-15H,4-12H2,1-3H3. The number of carbonyl (C=O) groups is 2. The van der Waals surface area contributed by atoms with E-state index in [0.717, 1.165) is 12.8 Å². The van der Waals surface area contributed by atoms with Gasteiger partial charge in [0.25, 0.3) is 0 Å². The minimum atomic E-state index is -0.769. The lowest BCUT2D eigenvalue weighted by Crippen LogP contribution is -2.37. The van der Waals surface area contributed by atoms with Gasteiger partial charge in [-0.1, -0.05) is 51.9 Å². The van der Waals surface area contributed by atoms with Crippen molar-refractivity contribution in [2.45, 2.75) is 65.7 Å². The van der Waals surface area contributed by atoms with Crippen molar-refractivity contribution in [2.24, 2.45) is 17.8 Å². The van der Waals surface area contributed by atoms with Gasteiger partial charge in [0.15, 0.2) is 5.92 Å². The quantitative estimate of drug-likeness (QED) is 0.554. The minimum Gasteiger partial charge on any atom is -0.465 e. The van der Waals surface area contributed by atoms with E-state index in [1.165, 1.54) is 32.1 Å². The fourth-order valence-electron chi connectivity index (χ4n) is 3.28. The van der Waals surface area contributed by atoms with Crippen molar-refractivity contribution in [1.82, 2.24) is 0 Å². The number of ether oxygens (including phenoxy) is 2. The molecule has 0 bridgehead atoms. The highest BCUT2D eigenvalue weighted by atomic mass is 16.6. The van der Waals surface area contributed by atoms with Crippen LogP contribution in [-0.2, 0) is 19.1 Å². The molecule has 0 amide bonds. The van der Waals surface area contributed by atoms with Crippen LogP contribution in [0.15, 0.2) is 0 Å². The van der Waals surface area contributed by atoms with Gasteiger partial charge in [0.05, 0.1) is 13.2 Å². The van der Waals surface area contributed by atoms with Crippen molar-refractivity contribution in [3.05, 3.63) is 0 Å². The average Bonchev–Trinajstić information content (AvgIpc) is 2.38. The predicted molar refractivity (Wildman–Crippen MR) is 81.7 cm³/mol. The molecule has 0 aromatic carbocycles. The first-order valence-corrected chi connectivity index (χ1v) is 8.45. The summed E-state index contributed by atoms with van der Waals surface area (Å²) >= 11 is 0. The Hall–Kier alpha value is -1.06. The maximum absolute atomic E-state index is 12.2. The molecule has 1 fully saturated rings. The van der Waals surface area contributed by atoms with Crippen LogP contribution in [0.25, 0.3) is 0 Å². The third-order valence-corrected chi connectivity index (χ3v) is 4.50. The predicted octanol–water partition coefficient (Wildman–Crippen LogP) is 3.73. The van der Waals surface area contributed by atoms with E-state index in [4.69, 9.17) is 9.47 Å². The van der Waals surface area contributed by atoms with Crippen molar-refractivity contribution in [3.63, 3.8) is 0 Å². The number of carbonyl (C=O) groups excluding carboxylic acids is 2. The second-order valence-corrected chi connectivity index (χ2v) is 5.95. The lowest BCUT2D eigenvalue weighted by atomic mass is 9.76. The smallest absolute Gasteiger partial charge is 0.320 e. The van der Waals surface area contributed by atoms with Crippen LogP contribution >= 0.6 is 0 Å². The highest BCUT2D eigenvalue weighted by Gasteiger charge is 2.38. The highest BCUT2D eigenvalue weighted by molar-refractivity contribution is 5.95. The van der Waals surface area contributed by atoms with Gasteiger partial charge in [-0.15, -0.1) is 0 Å². The van der Waals surface area contributed by atoms with Crippen molar-refractivity contribution >= 4 is 11.9 Å².